The molecule has 0 atom stereocenters. The maximum atomic E-state index is 11.5. The van der Waals surface area contributed by atoms with Crippen LogP contribution in [0.3, 0.4) is 0 Å². The standard InChI is InChI=1S/C12H12O2/c1-2-6-11(13)9-12(14)10-7-4-3-5-8-10/h2-8H,9H2,1H3/b6-2+. The van der Waals surface area contributed by atoms with Crippen molar-refractivity contribution in [2.75, 3.05) is 0 Å². The molecule has 2 nitrogen and oxygen atoms in total. The Kier molecular flexibility index (Phi) is 3.80. The molecule has 1 rings (SSSR count). The van der Waals surface area contributed by atoms with Crippen molar-refractivity contribution in [3.8, 4) is 0 Å². The Labute approximate surface area is 83.3 Å². The summed E-state index contributed by atoms with van der Waals surface area (Å²) in [5, 5.41) is 0. The zero-order valence-corrected chi connectivity index (χ0v) is 8.07. The van der Waals surface area contributed by atoms with E-state index < -0.39 is 0 Å². The lowest BCUT2D eigenvalue weighted by molar-refractivity contribution is -0.113. The van der Waals surface area contributed by atoms with Gasteiger partial charge >= 0.3 is 0 Å². The molecule has 72 valence electrons. The average molecular weight is 188 g/mol. The zero-order chi connectivity index (χ0) is 10.4. The number of allylic oxidation sites excluding steroid dienone is 2. The highest BCUT2D eigenvalue weighted by molar-refractivity contribution is 6.11. The minimum atomic E-state index is -0.152. The molecule has 2 heteroatoms. The van der Waals surface area contributed by atoms with Gasteiger partial charge in [0, 0.05) is 5.56 Å². The summed E-state index contributed by atoms with van der Waals surface area (Å²) in [4.78, 5) is 22.6. The van der Waals surface area contributed by atoms with Gasteiger partial charge in [0.15, 0.2) is 11.6 Å². The first-order valence-corrected chi connectivity index (χ1v) is 4.48. The number of ketones is 2. The summed E-state index contributed by atoms with van der Waals surface area (Å²) in [6.07, 6.45) is 3.01. The van der Waals surface area contributed by atoms with E-state index in [4.69, 9.17) is 0 Å². The molecule has 0 saturated heterocycles. The Balaban J connectivity index is 2.64. The predicted molar refractivity (Wildman–Crippen MR) is 55.2 cm³/mol. The Hall–Kier alpha value is -1.70. The number of carbonyl (C=O) groups excluding carboxylic acids is 2. The fraction of sp³-hybridized carbons (Fsp3) is 0.167. The third kappa shape index (κ3) is 2.98. The fourth-order valence-electron chi connectivity index (χ4n) is 1.13. The molecule has 1 aromatic rings. The van der Waals surface area contributed by atoms with Crippen LogP contribution in [-0.2, 0) is 4.79 Å². The molecule has 0 heterocycles. The van der Waals surface area contributed by atoms with Gasteiger partial charge in [0.05, 0.1) is 6.42 Å². The third-order valence-electron chi connectivity index (χ3n) is 1.78. The van der Waals surface area contributed by atoms with Crippen LogP contribution in [0.2, 0.25) is 0 Å². The van der Waals surface area contributed by atoms with Crippen LogP contribution >= 0.6 is 0 Å². The van der Waals surface area contributed by atoms with Crippen molar-refractivity contribution >= 4 is 11.6 Å². The van der Waals surface area contributed by atoms with Crippen molar-refractivity contribution in [1.29, 1.82) is 0 Å². The Bertz CT molecular complexity index is 350. The van der Waals surface area contributed by atoms with E-state index in [0.29, 0.717) is 5.56 Å². The Morgan fingerprint density at radius 2 is 1.86 bits per heavy atom. The molecule has 0 radical (unpaired) electrons. The molecule has 0 N–H and O–H groups in total. The molecular formula is C12H12O2. The number of benzene rings is 1. The third-order valence-corrected chi connectivity index (χ3v) is 1.78. The molecule has 1 aromatic carbocycles. The number of hydrogen-bond acceptors (Lipinski definition) is 2. The van der Waals surface area contributed by atoms with Crippen molar-refractivity contribution in [1.82, 2.24) is 0 Å². The number of carbonyl (C=O) groups is 2. The summed E-state index contributed by atoms with van der Waals surface area (Å²) in [6.45, 7) is 1.75. The van der Waals surface area contributed by atoms with E-state index in [1.54, 1.807) is 37.3 Å². The van der Waals surface area contributed by atoms with E-state index in [0.717, 1.165) is 0 Å². The van der Waals surface area contributed by atoms with E-state index in [-0.39, 0.29) is 18.0 Å². The predicted octanol–water partition coefficient (Wildman–Crippen LogP) is 2.40. The van der Waals surface area contributed by atoms with E-state index >= 15 is 0 Å². The number of Topliss-reactive ketones (excluding diaryl/α,β-unsaturated/α-hetero) is 1. The molecule has 0 unspecified atom stereocenters. The number of hydrogen-bond donors (Lipinski definition) is 0. The first kappa shape index (κ1) is 10.4. The summed E-state index contributed by atoms with van der Waals surface area (Å²) in [5.74, 6) is -0.282. The van der Waals surface area contributed by atoms with Gasteiger partial charge in [-0.05, 0) is 13.0 Å². The second-order valence-electron chi connectivity index (χ2n) is 2.93. The van der Waals surface area contributed by atoms with Crippen LogP contribution in [-0.4, -0.2) is 11.6 Å². The summed E-state index contributed by atoms with van der Waals surface area (Å²) in [5.41, 5.74) is 0.588. The van der Waals surface area contributed by atoms with Crippen molar-refractivity contribution in [2.45, 2.75) is 13.3 Å². The van der Waals surface area contributed by atoms with Crippen molar-refractivity contribution in [3.63, 3.8) is 0 Å². The van der Waals surface area contributed by atoms with Gasteiger partial charge in [-0.15, -0.1) is 0 Å². The summed E-state index contributed by atoms with van der Waals surface area (Å²) in [6, 6.07) is 8.84. The van der Waals surface area contributed by atoms with Gasteiger partial charge in [-0.3, -0.25) is 9.59 Å². The van der Waals surface area contributed by atoms with E-state index in [2.05, 4.69) is 0 Å². The van der Waals surface area contributed by atoms with Crippen molar-refractivity contribution in [2.24, 2.45) is 0 Å². The Morgan fingerprint density at radius 1 is 1.21 bits per heavy atom. The number of rotatable bonds is 4. The second kappa shape index (κ2) is 5.12. The Morgan fingerprint density at radius 3 is 2.43 bits per heavy atom. The highest BCUT2D eigenvalue weighted by Gasteiger charge is 2.08. The normalized spacial score (nSPS) is 10.4. The fourth-order valence-corrected chi connectivity index (χ4v) is 1.13. The molecule has 0 amide bonds. The minimum Gasteiger partial charge on any atom is -0.294 e. The van der Waals surface area contributed by atoms with E-state index in [1.165, 1.54) is 6.08 Å². The van der Waals surface area contributed by atoms with Crippen LogP contribution in [0.1, 0.15) is 23.7 Å². The van der Waals surface area contributed by atoms with Gasteiger partial charge in [-0.2, -0.15) is 0 Å². The minimum absolute atomic E-state index is 0.0473. The molecule has 0 aromatic heterocycles. The molecule has 0 bridgehead atoms. The second-order valence-corrected chi connectivity index (χ2v) is 2.93. The van der Waals surface area contributed by atoms with Crippen LogP contribution in [0.4, 0.5) is 0 Å². The quantitative estimate of drug-likeness (QED) is 0.413. The van der Waals surface area contributed by atoms with Crippen molar-refractivity contribution in [3.05, 3.63) is 48.0 Å². The molecule has 0 aliphatic heterocycles. The lowest BCUT2D eigenvalue weighted by Crippen LogP contribution is -2.05. The van der Waals surface area contributed by atoms with Crippen LogP contribution in [0.15, 0.2) is 42.5 Å². The van der Waals surface area contributed by atoms with Gasteiger partial charge in [0.25, 0.3) is 0 Å². The largest absolute Gasteiger partial charge is 0.294 e. The molecular weight excluding hydrogens is 176 g/mol. The van der Waals surface area contributed by atoms with Gasteiger partial charge < -0.3 is 0 Å². The lowest BCUT2D eigenvalue weighted by atomic mass is 10.1. The highest BCUT2D eigenvalue weighted by Crippen LogP contribution is 2.03. The molecule has 14 heavy (non-hydrogen) atoms. The maximum absolute atomic E-state index is 11.5. The lowest BCUT2D eigenvalue weighted by Gasteiger charge is -1.96. The van der Waals surface area contributed by atoms with Crippen LogP contribution in [0.5, 0.6) is 0 Å². The summed E-state index contributed by atoms with van der Waals surface area (Å²) in [7, 11) is 0. The SMILES string of the molecule is C/C=C/C(=O)CC(=O)c1ccccc1. The summed E-state index contributed by atoms with van der Waals surface area (Å²) >= 11 is 0. The monoisotopic (exact) mass is 188 g/mol. The van der Waals surface area contributed by atoms with E-state index in [1.807, 2.05) is 6.07 Å². The van der Waals surface area contributed by atoms with Crippen molar-refractivity contribution < 1.29 is 9.59 Å². The van der Waals surface area contributed by atoms with Gasteiger partial charge in [-0.1, -0.05) is 36.4 Å². The van der Waals surface area contributed by atoms with Crippen LogP contribution in [0.25, 0.3) is 0 Å². The van der Waals surface area contributed by atoms with Gasteiger partial charge in [-0.25, -0.2) is 0 Å². The first-order chi connectivity index (χ1) is 6.74. The van der Waals surface area contributed by atoms with Gasteiger partial charge in [0.2, 0.25) is 0 Å². The first-order valence-electron chi connectivity index (χ1n) is 4.48. The molecule has 0 aliphatic rings. The van der Waals surface area contributed by atoms with Crippen LogP contribution in [0, 0.1) is 0 Å². The maximum Gasteiger partial charge on any atom is 0.170 e. The molecule has 0 aliphatic carbocycles. The average Bonchev–Trinajstić information content (AvgIpc) is 2.19. The van der Waals surface area contributed by atoms with E-state index in [9.17, 15) is 9.59 Å². The van der Waals surface area contributed by atoms with Gasteiger partial charge in [0.1, 0.15) is 0 Å². The molecule has 0 saturated carbocycles. The summed E-state index contributed by atoms with van der Waals surface area (Å²) < 4.78 is 0. The zero-order valence-electron chi connectivity index (χ0n) is 8.07. The smallest absolute Gasteiger partial charge is 0.170 e. The highest BCUT2D eigenvalue weighted by atomic mass is 16.1. The topological polar surface area (TPSA) is 34.1 Å². The molecule has 0 fully saturated rings. The molecule has 0 spiro atoms. The van der Waals surface area contributed by atoms with Crippen LogP contribution < -0.4 is 0 Å².